The van der Waals surface area contributed by atoms with Gasteiger partial charge in [-0.05, 0) is 25.7 Å². The van der Waals surface area contributed by atoms with Gasteiger partial charge in [-0.3, -0.25) is 4.79 Å². The van der Waals surface area contributed by atoms with E-state index in [1.165, 1.54) is 30.6 Å². The normalized spacial score (nSPS) is 25.5. The van der Waals surface area contributed by atoms with Crippen LogP contribution in [0.2, 0.25) is 0 Å². The molecule has 4 rings (SSSR count). The Morgan fingerprint density at radius 2 is 2.08 bits per heavy atom. The number of thiazole rings is 1. The highest BCUT2D eigenvalue weighted by molar-refractivity contribution is 7.13. The van der Waals surface area contributed by atoms with Crippen LogP contribution in [0.3, 0.4) is 0 Å². The predicted molar refractivity (Wildman–Crippen MR) is 94.5 cm³/mol. The third-order valence-corrected chi connectivity index (χ3v) is 6.66. The Labute approximate surface area is 152 Å². The highest BCUT2D eigenvalue weighted by Gasteiger charge is 2.33. The fourth-order valence-corrected chi connectivity index (χ4v) is 4.97. The number of ether oxygens (including phenoxy) is 1. The van der Waals surface area contributed by atoms with Gasteiger partial charge >= 0.3 is 0 Å². The van der Waals surface area contributed by atoms with Crippen molar-refractivity contribution in [2.75, 3.05) is 19.6 Å². The second-order valence-electron chi connectivity index (χ2n) is 7.32. The smallest absolute Gasteiger partial charge is 0.274 e. The van der Waals surface area contributed by atoms with E-state index in [2.05, 4.69) is 9.88 Å². The van der Waals surface area contributed by atoms with Crippen LogP contribution in [0.5, 0.6) is 5.19 Å². The number of carbonyl (C=O) groups is 1. The summed E-state index contributed by atoms with van der Waals surface area (Å²) in [7, 11) is 0. The Morgan fingerprint density at radius 3 is 2.72 bits per heavy atom. The van der Waals surface area contributed by atoms with Gasteiger partial charge in [0.25, 0.3) is 5.19 Å². The van der Waals surface area contributed by atoms with Gasteiger partial charge in [0.05, 0.1) is 23.7 Å². The molecule has 1 saturated heterocycles. The average Bonchev–Trinajstić information content (AvgIpc) is 2.97. The molecule has 7 heteroatoms. The lowest BCUT2D eigenvalue weighted by molar-refractivity contribution is -0.132. The molecule has 2 fully saturated rings. The van der Waals surface area contributed by atoms with Crippen LogP contribution in [-0.4, -0.2) is 52.5 Å². The van der Waals surface area contributed by atoms with E-state index in [4.69, 9.17) is 4.74 Å². The summed E-state index contributed by atoms with van der Waals surface area (Å²) in [6.45, 7) is 4.56. The lowest BCUT2D eigenvalue weighted by Crippen LogP contribution is -2.46. The quantitative estimate of drug-likeness (QED) is 0.819. The average molecular weight is 367 g/mol. The Bertz CT molecular complexity index is 626. The maximum atomic E-state index is 14.4. The molecule has 0 bridgehead atoms. The Hall–Kier alpha value is -1.21. The van der Waals surface area contributed by atoms with Gasteiger partial charge in [-0.2, -0.15) is 0 Å². The van der Waals surface area contributed by atoms with E-state index in [0.717, 1.165) is 36.9 Å². The third kappa shape index (κ3) is 3.53. The van der Waals surface area contributed by atoms with Gasteiger partial charge in [-0.25, -0.2) is 9.37 Å². The van der Waals surface area contributed by atoms with Crippen molar-refractivity contribution in [1.82, 2.24) is 14.8 Å². The number of halogens is 1. The van der Waals surface area contributed by atoms with E-state index in [1.54, 1.807) is 4.90 Å². The molecule has 25 heavy (non-hydrogen) atoms. The topological polar surface area (TPSA) is 45.7 Å². The molecule has 1 aliphatic carbocycles. The number of amides is 1. The first-order chi connectivity index (χ1) is 12.1. The summed E-state index contributed by atoms with van der Waals surface area (Å²) in [6.07, 6.45) is 5.46. The molecule has 1 aromatic heterocycles. The first kappa shape index (κ1) is 17.2. The Balaban J connectivity index is 1.36. The standard InChI is InChI=1S/C18H26FN3O2S/c1-2-16(23)22-10-14(19)17-15(11-22)25-18(20-17)24-13-6-8-21(9-7-13)12-4-3-5-12/h12-14H,2-11H2,1H3. The van der Waals surface area contributed by atoms with Crippen LogP contribution >= 0.6 is 11.3 Å². The number of alkyl halides is 1. The molecule has 138 valence electrons. The molecule has 0 spiro atoms. The van der Waals surface area contributed by atoms with Crippen LogP contribution in [0.1, 0.15) is 62.2 Å². The molecule has 5 nitrogen and oxygen atoms in total. The lowest BCUT2D eigenvalue weighted by atomic mass is 9.90. The summed E-state index contributed by atoms with van der Waals surface area (Å²) in [4.78, 5) is 21.3. The van der Waals surface area contributed by atoms with Crippen LogP contribution in [0.25, 0.3) is 0 Å². The van der Waals surface area contributed by atoms with Crippen molar-refractivity contribution in [1.29, 1.82) is 0 Å². The lowest BCUT2D eigenvalue weighted by Gasteiger charge is -2.41. The zero-order valence-electron chi connectivity index (χ0n) is 14.7. The van der Waals surface area contributed by atoms with Crippen molar-refractivity contribution in [3.63, 3.8) is 0 Å². The second-order valence-corrected chi connectivity index (χ2v) is 8.37. The van der Waals surface area contributed by atoms with Gasteiger partial charge in [-0.15, -0.1) is 0 Å². The third-order valence-electron chi connectivity index (χ3n) is 5.71. The van der Waals surface area contributed by atoms with Gasteiger partial charge < -0.3 is 14.5 Å². The molecule has 0 aromatic carbocycles. The number of carbonyl (C=O) groups excluding carboxylic acids is 1. The van der Waals surface area contributed by atoms with Crippen molar-refractivity contribution < 1.29 is 13.9 Å². The van der Waals surface area contributed by atoms with Gasteiger partial charge in [-0.1, -0.05) is 24.7 Å². The summed E-state index contributed by atoms with van der Waals surface area (Å²) in [5.74, 6) is -0.00691. The number of hydrogen-bond donors (Lipinski definition) is 0. The molecule has 3 aliphatic rings. The monoisotopic (exact) mass is 367 g/mol. The number of fused-ring (bicyclic) bond motifs is 1. The summed E-state index contributed by atoms with van der Waals surface area (Å²) in [6, 6.07) is 0.794. The van der Waals surface area contributed by atoms with Crippen LogP contribution in [-0.2, 0) is 11.3 Å². The van der Waals surface area contributed by atoms with Crippen LogP contribution in [0.4, 0.5) is 4.39 Å². The van der Waals surface area contributed by atoms with E-state index in [9.17, 15) is 9.18 Å². The SMILES string of the molecule is CCC(=O)N1Cc2sc(OC3CCN(C4CCC4)CC3)nc2C(F)C1. The number of nitrogens with zero attached hydrogens (tertiary/aromatic N) is 3. The molecular weight excluding hydrogens is 341 g/mol. The number of piperidine rings is 1. The van der Waals surface area contributed by atoms with Gasteiger partial charge in [0.1, 0.15) is 6.10 Å². The minimum Gasteiger partial charge on any atom is -0.467 e. The fraction of sp³-hybridized carbons (Fsp3) is 0.778. The van der Waals surface area contributed by atoms with Crippen molar-refractivity contribution in [3.05, 3.63) is 10.6 Å². The molecule has 1 amide bonds. The molecule has 1 saturated carbocycles. The highest BCUT2D eigenvalue weighted by atomic mass is 32.1. The van der Waals surface area contributed by atoms with Crippen molar-refractivity contribution in [2.45, 2.75) is 70.3 Å². The predicted octanol–water partition coefficient (Wildman–Crippen LogP) is 3.30. The van der Waals surface area contributed by atoms with Crippen molar-refractivity contribution in [2.24, 2.45) is 0 Å². The first-order valence-corrected chi connectivity index (χ1v) is 10.3. The second kappa shape index (κ2) is 7.19. The summed E-state index contributed by atoms with van der Waals surface area (Å²) in [5, 5.41) is 0.570. The van der Waals surface area contributed by atoms with E-state index < -0.39 is 6.17 Å². The minimum absolute atomic E-state index is 0.00691. The molecular formula is C18H26FN3O2S. The number of rotatable bonds is 4. The fourth-order valence-electron chi connectivity index (χ4n) is 3.93. The summed E-state index contributed by atoms with van der Waals surface area (Å²) in [5.41, 5.74) is 0.479. The molecule has 0 N–H and O–H groups in total. The van der Waals surface area contributed by atoms with E-state index in [0.29, 0.717) is 23.9 Å². The summed E-state index contributed by atoms with van der Waals surface area (Å²) >= 11 is 1.41. The first-order valence-electron chi connectivity index (χ1n) is 9.46. The number of likely N-dealkylation sites (tertiary alicyclic amines) is 1. The van der Waals surface area contributed by atoms with Crippen LogP contribution in [0.15, 0.2) is 0 Å². The number of hydrogen-bond acceptors (Lipinski definition) is 5. The van der Waals surface area contributed by atoms with Crippen molar-refractivity contribution >= 4 is 17.2 Å². The zero-order valence-corrected chi connectivity index (χ0v) is 15.6. The molecule has 1 atom stereocenters. The molecule has 0 radical (unpaired) electrons. The Morgan fingerprint density at radius 1 is 1.32 bits per heavy atom. The van der Waals surface area contributed by atoms with Gasteiger partial charge in [0.15, 0.2) is 6.17 Å². The van der Waals surface area contributed by atoms with Crippen LogP contribution < -0.4 is 4.74 Å². The molecule has 3 heterocycles. The van der Waals surface area contributed by atoms with Crippen LogP contribution in [0, 0.1) is 0 Å². The van der Waals surface area contributed by atoms with Gasteiger partial charge in [0.2, 0.25) is 5.91 Å². The highest BCUT2D eigenvalue weighted by Crippen LogP contribution is 2.37. The van der Waals surface area contributed by atoms with E-state index >= 15 is 0 Å². The number of aromatic nitrogens is 1. The minimum atomic E-state index is -1.20. The maximum absolute atomic E-state index is 14.4. The Kier molecular flexibility index (Phi) is 4.95. The molecule has 1 aromatic rings. The van der Waals surface area contributed by atoms with E-state index in [-0.39, 0.29) is 18.6 Å². The maximum Gasteiger partial charge on any atom is 0.274 e. The summed E-state index contributed by atoms with van der Waals surface area (Å²) < 4.78 is 20.5. The van der Waals surface area contributed by atoms with Crippen molar-refractivity contribution in [3.8, 4) is 5.19 Å². The molecule has 2 aliphatic heterocycles. The largest absolute Gasteiger partial charge is 0.467 e. The zero-order chi connectivity index (χ0) is 17.4. The van der Waals surface area contributed by atoms with Gasteiger partial charge in [0, 0.05) is 25.6 Å². The van der Waals surface area contributed by atoms with E-state index in [1.807, 2.05) is 6.92 Å². The molecule has 1 unspecified atom stereocenters.